The maximum absolute atomic E-state index is 12.6. The van der Waals surface area contributed by atoms with Gasteiger partial charge in [-0.3, -0.25) is 0 Å². The fourth-order valence-corrected chi connectivity index (χ4v) is 3.41. The van der Waals surface area contributed by atoms with Gasteiger partial charge in [0, 0.05) is 37.9 Å². The molecule has 2 aromatic rings. The Bertz CT molecular complexity index is 831. The van der Waals surface area contributed by atoms with Gasteiger partial charge in [-0.1, -0.05) is 18.2 Å². The van der Waals surface area contributed by atoms with E-state index >= 15 is 0 Å². The van der Waals surface area contributed by atoms with E-state index in [-0.39, 0.29) is 29.7 Å². The van der Waals surface area contributed by atoms with E-state index in [1.807, 2.05) is 19.2 Å². The van der Waals surface area contributed by atoms with Crippen LogP contribution in [0.1, 0.15) is 37.3 Å². The Labute approximate surface area is 199 Å². The molecule has 0 spiro atoms. The van der Waals surface area contributed by atoms with Crippen LogP contribution in [0.2, 0.25) is 0 Å². The van der Waals surface area contributed by atoms with Crippen LogP contribution in [-0.4, -0.2) is 37.2 Å². The highest BCUT2D eigenvalue weighted by Crippen LogP contribution is 2.20. The van der Waals surface area contributed by atoms with Crippen molar-refractivity contribution < 1.29 is 13.5 Å². The highest BCUT2D eigenvalue weighted by atomic mass is 127. The van der Waals surface area contributed by atoms with Crippen LogP contribution in [0.25, 0.3) is 0 Å². The van der Waals surface area contributed by atoms with E-state index in [2.05, 4.69) is 36.3 Å². The second kappa shape index (κ2) is 13.3. The van der Waals surface area contributed by atoms with Gasteiger partial charge in [0.15, 0.2) is 5.96 Å². The number of halogens is 3. The first kappa shape index (κ1) is 25.1. The number of anilines is 1. The molecule has 2 N–H and O–H groups in total. The molecule has 3 rings (SSSR count). The van der Waals surface area contributed by atoms with Crippen molar-refractivity contribution in [3.63, 3.8) is 0 Å². The summed E-state index contributed by atoms with van der Waals surface area (Å²) in [4.78, 5) is 11.5. The van der Waals surface area contributed by atoms with Crippen molar-refractivity contribution in [1.29, 1.82) is 0 Å². The van der Waals surface area contributed by atoms with Gasteiger partial charge in [-0.25, -0.2) is 9.98 Å². The summed E-state index contributed by atoms with van der Waals surface area (Å²) < 4.78 is 29.8. The molecule has 1 aliphatic heterocycles. The molecule has 9 heteroatoms. The average molecular weight is 545 g/mol. The van der Waals surface area contributed by atoms with E-state index in [9.17, 15) is 8.78 Å². The molecule has 1 fully saturated rings. The summed E-state index contributed by atoms with van der Waals surface area (Å²) in [6, 6.07) is 10.8. The lowest BCUT2D eigenvalue weighted by Gasteiger charge is -2.27. The first-order valence-electron chi connectivity index (χ1n) is 10.4. The topological polar surface area (TPSA) is 61.8 Å². The fourth-order valence-electron chi connectivity index (χ4n) is 3.41. The minimum atomic E-state index is -2.85. The number of benzene rings is 1. The number of nitrogens with zero attached hydrogens (tertiary/aromatic N) is 3. The number of pyridine rings is 1. The van der Waals surface area contributed by atoms with Gasteiger partial charge in [0.25, 0.3) is 0 Å². The zero-order valence-electron chi connectivity index (χ0n) is 17.7. The number of alkyl halides is 2. The number of guanidine groups is 1. The number of aliphatic imine (C=N–C) groups is 1. The van der Waals surface area contributed by atoms with Crippen LogP contribution in [-0.2, 0) is 13.1 Å². The number of rotatable bonds is 8. The van der Waals surface area contributed by atoms with Crippen molar-refractivity contribution in [2.45, 2.75) is 45.9 Å². The second-order valence-electron chi connectivity index (χ2n) is 7.10. The summed E-state index contributed by atoms with van der Waals surface area (Å²) >= 11 is 0. The standard InChI is InChI=1S/C22H29F2N5O.HI/c1-2-25-22(28-16-18-8-4-5-9-19(18)30-21(23)24)27-15-17-10-11-26-20(14-17)29-12-6-3-7-13-29;/h4-5,8-11,14,21H,2-3,6-7,12-13,15-16H2,1H3,(H2,25,27,28);1H. The van der Waals surface area contributed by atoms with Crippen LogP contribution in [0.5, 0.6) is 5.75 Å². The van der Waals surface area contributed by atoms with Gasteiger partial charge in [-0.2, -0.15) is 8.78 Å². The number of para-hydroxylation sites is 1. The van der Waals surface area contributed by atoms with Gasteiger partial charge in [-0.15, -0.1) is 24.0 Å². The Morgan fingerprint density at radius 3 is 2.68 bits per heavy atom. The molecular weight excluding hydrogens is 515 g/mol. The van der Waals surface area contributed by atoms with Gasteiger partial charge in [0.2, 0.25) is 0 Å². The summed E-state index contributed by atoms with van der Waals surface area (Å²) in [6.45, 7) is 2.72. The molecule has 0 bridgehead atoms. The lowest BCUT2D eigenvalue weighted by molar-refractivity contribution is -0.0504. The van der Waals surface area contributed by atoms with Gasteiger partial charge in [0.05, 0.1) is 6.54 Å². The van der Waals surface area contributed by atoms with Crippen LogP contribution in [0.4, 0.5) is 14.6 Å². The van der Waals surface area contributed by atoms with Crippen LogP contribution < -0.4 is 20.3 Å². The predicted molar refractivity (Wildman–Crippen MR) is 130 cm³/mol. The van der Waals surface area contributed by atoms with Gasteiger partial charge in [0.1, 0.15) is 11.6 Å². The lowest BCUT2D eigenvalue weighted by Crippen LogP contribution is -2.36. The van der Waals surface area contributed by atoms with Crippen molar-refractivity contribution in [2.24, 2.45) is 4.99 Å². The fraction of sp³-hybridized carbons (Fsp3) is 0.455. The normalized spacial score (nSPS) is 14.2. The molecule has 170 valence electrons. The van der Waals surface area contributed by atoms with E-state index in [4.69, 9.17) is 0 Å². The summed E-state index contributed by atoms with van der Waals surface area (Å²) in [7, 11) is 0. The second-order valence-corrected chi connectivity index (χ2v) is 7.10. The average Bonchev–Trinajstić information content (AvgIpc) is 2.77. The Balaban J connectivity index is 0.00000341. The van der Waals surface area contributed by atoms with E-state index in [1.54, 1.807) is 18.2 Å². The number of hydrogen-bond acceptors (Lipinski definition) is 4. The van der Waals surface area contributed by atoms with E-state index in [0.29, 0.717) is 31.2 Å². The smallest absolute Gasteiger partial charge is 0.387 e. The number of aromatic nitrogens is 1. The third-order valence-electron chi connectivity index (χ3n) is 4.89. The summed E-state index contributed by atoms with van der Waals surface area (Å²) in [5.41, 5.74) is 1.71. The highest BCUT2D eigenvalue weighted by Gasteiger charge is 2.12. The summed E-state index contributed by atoms with van der Waals surface area (Å²) in [5, 5.41) is 6.37. The molecule has 0 amide bonds. The first-order valence-corrected chi connectivity index (χ1v) is 10.4. The number of nitrogens with one attached hydrogen (secondary N) is 2. The number of ether oxygens (including phenoxy) is 1. The van der Waals surface area contributed by atoms with Crippen LogP contribution >= 0.6 is 24.0 Å². The van der Waals surface area contributed by atoms with Crippen molar-refractivity contribution in [2.75, 3.05) is 24.5 Å². The molecule has 0 saturated carbocycles. The largest absolute Gasteiger partial charge is 0.434 e. The van der Waals surface area contributed by atoms with Gasteiger partial charge < -0.3 is 20.3 Å². The lowest BCUT2D eigenvalue weighted by atomic mass is 10.1. The first-order chi connectivity index (χ1) is 14.7. The molecule has 0 unspecified atom stereocenters. The summed E-state index contributed by atoms with van der Waals surface area (Å²) in [6.07, 6.45) is 5.52. The molecule has 1 aliphatic rings. The van der Waals surface area contributed by atoms with Crippen LogP contribution in [0, 0.1) is 0 Å². The minimum Gasteiger partial charge on any atom is -0.434 e. The maximum Gasteiger partial charge on any atom is 0.387 e. The molecule has 0 aliphatic carbocycles. The van der Waals surface area contributed by atoms with Crippen LogP contribution in [0.15, 0.2) is 47.6 Å². The molecule has 0 radical (unpaired) electrons. The molecule has 1 aromatic heterocycles. The molecule has 1 saturated heterocycles. The molecular formula is C22H30F2IN5O. The van der Waals surface area contributed by atoms with E-state index in [1.165, 1.54) is 25.3 Å². The van der Waals surface area contributed by atoms with E-state index in [0.717, 1.165) is 24.5 Å². The summed E-state index contributed by atoms with van der Waals surface area (Å²) in [5.74, 6) is 1.77. The quantitative estimate of drug-likeness (QED) is 0.290. The van der Waals surface area contributed by atoms with Gasteiger partial charge in [-0.05, 0) is 49.9 Å². The SMILES string of the molecule is CCNC(=NCc1ccnc(N2CCCCC2)c1)NCc1ccccc1OC(F)F.I. The third kappa shape index (κ3) is 8.12. The molecule has 31 heavy (non-hydrogen) atoms. The van der Waals surface area contributed by atoms with Crippen molar-refractivity contribution in [3.05, 3.63) is 53.7 Å². The Hall–Kier alpha value is -2.17. The zero-order valence-corrected chi connectivity index (χ0v) is 20.0. The Morgan fingerprint density at radius 1 is 1.16 bits per heavy atom. The molecule has 0 atom stereocenters. The predicted octanol–water partition coefficient (Wildman–Crippen LogP) is 4.55. The van der Waals surface area contributed by atoms with Crippen molar-refractivity contribution in [1.82, 2.24) is 15.6 Å². The minimum absolute atomic E-state index is 0. The van der Waals surface area contributed by atoms with Crippen molar-refractivity contribution >= 4 is 35.8 Å². The van der Waals surface area contributed by atoms with E-state index < -0.39 is 6.61 Å². The maximum atomic E-state index is 12.6. The monoisotopic (exact) mass is 545 g/mol. The Morgan fingerprint density at radius 2 is 1.94 bits per heavy atom. The number of piperidine rings is 1. The third-order valence-corrected chi connectivity index (χ3v) is 4.89. The molecule has 2 heterocycles. The van der Waals surface area contributed by atoms with Crippen LogP contribution in [0.3, 0.4) is 0 Å². The molecule has 1 aromatic carbocycles. The zero-order chi connectivity index (χ0) is 21.2. The Kier molecular flexibility index (Phi) is 10.8. The molecule has 6 nitrogen and oxygen atoms in total. The highest BCUT2D eigenvalue weighted by molar-refractivity contribution is 14.0. The number of hydrogen-bond donors (Lipinski definition) is 2. The van der Waals surface area contributed by atoms with Crippen molar-refractivity contribution in [3.8, 4) is 5.75 Å². The van der Waals surface area contributed by atoms with Gasteiger partial charge >= 0.3 is 6.61 Å².